The molecule has 0 unspecified atom stereocenters. The number of allylic oxidation sites excluding steroid dienone is 2. The number of hydrogen-bond acceptors (Lipinski definition) is 5. The molecule has 2 rings (SSSR count). The SMILES string of the molecule is CC(=N)/C=C1\NC(N)=NN=C1c1ccc(C)cc1CC(F)(F)F. The zero-order valence-electron chi connectivity index (χ0n) is 12.6. The van der Waals surface area contributed by atoms with Gasteiger partial charge in [0.15, 0.2) is 0 Å². The standard InChI is InChI=1S/C15H16F3N5/c1-8-3-4-11(10(5-8)7-15(16,17)18)13-12(6-9(2)19)21-14(20)23-22-13/h3-6,19H,7H2,1-2H3,(H3,20,21,23)/b12-6-,19-9?. The third kappa shape index (κ3) is 4.41. The molecule has 0 aliphatic carbocycles. The van der Waals surface area contributed by atoms with Crippen molar-refractivity contribution in [1.29, 1.82) is 5.41 Å². The van der Waals surface area contributed by atoms with Gasteiger partial charge in [0.25, 0.3) is 0 Å². The van der Waals surface area contributed by atoms with Crippen molar-refractivity contribution in [1.82, 2.24) is 5.32 Å². The van der Waals surface area contributed by atoms with E-state index in [1.807, 2.05) is 0 Å². The van der Waals surface area contributed by atoms with E-state index in [2.05, 4.69) is 15.5 Å². The molecule has 0 amide bonds. The Kier molecular flexibility index (Phi) is 4.53. The van der Waals surface area contributed by atoms with Crippen molar-refractivity contribution in [2.75, 3.05) is 0 Å². The largest absolute Gasteiger partial charge is 0.393 e. The molecule has 1 aliphatic heterocycles. The summed E-state index contributed by atoms with van der Waals surface area (Å²) in [5.74, 6) is 0.0192. The zero-order chi connectivity index (χ0) is 17.2. The van der Waals surface area contributed by atoms with Crippen LogP contribution in [0.1, 0.15) is 23.6 Å². The molecular weight excluding hydrogens is 307 g/mol. The van der Waals surface area contributed by atoms with Gasteiger partial charge >= 0.3 is 6.18 Å². The van der Waals surface area contributed by atoms with E-state index in [1.54, 1.807) is 26.0 Å². The number of aryl methyl sites for hydroxylation is 1. The highest BCUT2D eigenvalue weighted by molar-refractivity contribution is 6.18. The van der Waals surface area contributed by atoms with E-state index < -0.39 is 12.6 Å². The first-order valence-electron chi connectivity index (χ1n) is 6.78. The van der Waals surface area contributed by atoms with E-state index in [9.17, 15) is 13.2 Å². The molecular formula is C15H16F3N5. The van der Waals surface area contributed by atoms with Gasteiger partial charge in [-0.1, -0.05) is 23.8 Å². The van der Waals surface area contributed by atoms with Crippen LogP contribution in [0.4, 0.5) is 13.2 Å². The second kappa shape index (κ2) is 6.23. The summed E-state index contributed by atoms with van der Waals surface area (Å²) in [5.41, 5.74) is 7.45. The number of nitrogens with one attached hydrogen (secondary N) is 2. The maximum absolute atomic E-state index is 12.8. The minimum Gasteiger partial charge on any atom is -0.368 e. The molecule has 0 aromatic heterocycles. The van der Waals surface area contributed by atoms with Gasteiger partial charge in [0, 0.05) is 11.3 Å². The minimum absolute atomic E-state index is 0.0192. The summed E-state index contributed by atoms with van der Waals surface area (Å²) in [5, 5.41) is 17.9. The summed E-state index contributed by atoms with van der Waals surface area (Å²) in [6.07, 6.45) is -3.97. The number of rotatable bonds is 3. The number of hydrogen-bond donors (Lipinski definition) is 3. The smallest absolute Gasteiger partial charge is 0.368 e. The number of alkyl halides is 3. The summed E-state index contributed by atoms with van der Waals surface area (Å²) in [6, 6.07) is 4.75. The van der Waals surface area contributed by atoms with Gasteiger partial charge in [-0.2, -0.15) is 13.2 Å². The van der Waals surface area contributed by atoms with Gasteiger partial charge < -0.3 is 16.5 Å². The van der Waals surface area contributed by atoms with E-state index in [0.717, 1.165) is 0 Å². The molecule has 0 atom stereocenters. The Hall–Kier alpha value is -2.64. The van der Waals surface area contributed by atoms with Crippen LogP contribution in [0.25, 0.3) is 0 Å². The van der Waals surface area contributed by atoms with Crippen molar-refractivity contribution in [2.45, 2.75) is 26.4 Å². The molecule has 1 aliphatic rings. The van der Waals surface area contributed by atoms with Crippen molar-refractivity contribution < 1.29 is 13.2 Å². The van der Waals surface area contributed by atoms with Crippen LogP contribution in [0.3, 0.4) is 0 Å². The lowest BCUT2D eigenvalue weighted by Crippen LogP contribution is -2.37. The Morgan fingerprint density at radius 3 is 2.65 bits per heavy atom. The lowest BCUT2D eigenvalue weighted by Gasteiger charge is -2.19. The Morgan fingerprint density at radius 1 is 1.35 bits per heavy atom. The van der Waals surface area contributed by atoms with E-state index in [-0.39, 0.29) is 22.9 Å². The Balaban J connectivity index is 2.57. The van der Waals surface area contributed by atoms with Gasteiger partial charge in [-0.25, -0.2) is 0 Å². The second-order valence-corrected chi connectivity index (χ2v) is 5.25. The first kappa shape index (κ1) is 16.7. The molecule has 0 spiro atoms. The molecule has 1 heterocycles. The number of halogens is 3. The van der Waals surface area contributed by atoms with Crippen LogP contribution in [0, 0.1) is 12.3 Å². The highest BCUT2D eigenvalue weighted by Crippen LogP contribution is 2.26. The topological polar surface area (TPSA) is 86.6 Å². The van der Waals surface area contributed by atoms with Crippen molar-refractivity contribution in [3.63, 3.8) is 0 Å². The van der Waals surface area contributed by atoms with Crippen molar-refractivity contribution in [3.05, 3.63) is 46.7 Å². The maximum Gasteiger partial charge on any atom is 0.393 e. The quantitative estimate of drug-likeness (QED) is 0.747. The molecule has 0 bridgehead atoms. The summed E-state index contributed by atoms with van der Waals surface area (Å²) in [4.78, 5) is 0. The molecule has 0 saturated heterocycles. The number of nitrogens with zero attached hydrogens (tertiary/aromatic N) is 2. The molecule has 23 heavy (non-hydrogen) atoms. The first-order valence-corrected chi connectivity index (χ1v) is 6.78. The maximum atomic E-state index is 12.8. The summed E-state index contributed by atoms with van der Waals surface area (Å²) >= 11 is 0. The van der Waals surface area contributed by atoms with Gasteiger partial charge in [-0.05, 0) is 25.5 Å². The Bertz CT molecular complexity index is 729. The van der Waals surface area contributed by atoms with Gasteiger partial charge in [-0.3, -0.25) is 0 Å². The second-order valence-electron chi connectivity index (χ2n) is 5.25. The van der Waals surface area contributed by atoms with Crippen LogP contribution in [-0.2, 0) is 6.42 Å². The zero-order valence-corrected chi connectivity index (χ0v) is 12.6. The lowest BCUT2D eigenvalue weighted by atomic mass is 9.95. The summed E-state index contributed by atoms with van der Waals surface area (Å²) < 4.78 is 38.5. The average molecular weight is 323 g/mol. The Morgan fingerprint density at radius 2 is 2.04 bits per heavy atom. The van der Waals surface area contributed by atoms with Crippen LogP contribution in [0.15, 0.2) is 40.2 Å². The number of guanidine groups is 1. The third-order valence-electron chi connectivity index (χ3n) is 3.04. The predicted molar refractivity (Wildman–Crippen MR) is 83.7 cm³/mol. The van der Waals surface area contributed by atoms with Crippen molar-refractivity contribution in [3.8, 4) is 0 Å². The van der Waals surface area contributed by atoms with Crippen molar-refractivity contribution in [2.24, 2.45) is 15.9 Å². The number of nitrogens with two attached hydrogens (primary N) is 1. The molecule has 5 nitrogen and oxygen atoms in total. The van der Waals surface area contributed by atoms with E-state index in [4.69, 9.17) is 11.1 Å². The van der Waals surface area contributed by atoms with Crippen LogP contribution in [0.2, 0.25) is 0 Å². The summed E-state index contributed by atoms with van der Waals surface area (Å²) in [7, 11) is 0. The van der Waals surface area contributed by atoms with Crippen LogP contribution < -0.4 is 11.1 Å². The van der Waals surface area contributed by atoms with Crippen LogP contribution in [0.5, 0.6) is 0 Å². The highest BCUT2D eigenvalue weighted by Gasteiger charge is 2.30. The molecule has 1 aromatic rings. The molecule has 0 fully saturated rings. The highest BCUT2D eigenvalue weighted by atomic mass is 19.4. The monoisotopic (exact) mass is 323 g/mol. The third-order valence-corrected chi connectivity index (χ3v) is 3.04. The van der Waals surface area contributed by atoms with E-state index >= 15 is 0 Å². The normalized spacial score (nSPS) is 16.7. The fourth-order valence-electron chi connectivity index (χ4n) is 2.22. The van der Waals surface area contributed by atoms with Gasteiger partial charge in [0.1, 0.15) is 5.71 Å². The van der Waals surface area contributed by atoms with Gasteiger partial charge in [-0.15, -0.1) is 10.2 Å². The van der Waals surface area contributed by atoms with Gasteiger partial charge in [0.05, 0.1) is 12.1 Å². The summed E-state index contributed by atoms with van der Waals surface area (Å²) in [6.45, 7) is 3.26. The minimum atomic E-state index is -4.34. The molecule has 4 N–H and O–H groups in total. The molecule has 0 radical (unpaired) electrons. The van der Waals surface area contributed by atoms with E-state index in [1.165, 1.54) is 12.1 Å². The fourth-order valence-corrected chi connectivity index (χ4v) is 2.22. The Labute approximate surface area is 131 Å². The fraction of sp³-hybridized carbons (Fsp3) is 0.267. The van der Waals surface area contributed by atoms with Crippen LogP contribution in [-0.4, -0.2) is 23.6 Å². The molecule has 122 valence electrons. The lowest BCUT2D eigenvalue weighted by molar-refractivity contribution is -0.127. The van der Waals surface area contributed by atoms with Crippen LogP contribution >= 0.6 is 0 Å². The van der Waals surface area contributed by atoms with Crippen molar-refractivity contribution >= 4 is 17.4 Å². The molecule has 0 saturated carbocycles. The molecule has 8 heteroatoms. The van der Waals surface area contributed by atoms with E-state index in [0.29, 0.717) is 16.8 Å². The first-order chi connectivity index (χ1) is 10.7. The average Bonchev–Trinajstić information content (AvgIpc) is 2.37. The molecule has 1 aromatic carbocycles. The predicted octanol–water partition coefficient (Wildman–Crippen LogP) is 2.65. The number of benzene rings is 1. The van der Waals surface area contributed by atoms with Gasteiger partial charge in [0.2, 0.25) is 5.96 Å².